The molecule has 2 N–H and O–H groups in total. The molecule has 4 rings (SSSR count). The molecule has 3 aromatic rings. The Hall–Kier alpha value is -3.52. The minimum atomic E-state index is -0.981. The number of carbonyl (C=O) groups excluding carboxylic acids is 1. The molecule has 0 spiro atoms. The van der Waals surface area contributed by atoms with Crippen molar-refractivity contribution in [2.24, 2.45) is 0 Å². The summed E-state index contributed by atoms with van der Waals surface area (Å²) in [5.41, 5.74) is 2.12. The van der Waals surface area contributed by atoms with Gasteiger partial charge in [-0.2, -0.15) is 0 Å². The number of cyclic esters (lactones) is 1. The molecule has 1 aliphatic heterocycles. The zero-order valence-corrected chi connectivity index (χ0v) is 19.4. The number of rotatable bonds is 7. The molecule has 7 nitrogen and oxygen atoms in total. The molecule has 0 bridgehead atoms. The minimum absolute atomic E-state index is 0.115. The number of ether oxygens (including phenoxy) is 2. The Morgan fingerprint density at radius 2 is 1.85 bits per heavy atom. The van der Waals surface area contributed by atoms with Crippen LogP contribution in [0.4, 0.5) is 4.79 Å². The highest BCUT2D eigenvalue weighted by molar-refractivity contribution is 9.10. The van der Waals surface area contributed by atoms with Gasteiger partial charge in [0.25, 0.3) is 0 Å². The standard InChI is InChI=1S/C25H22BrNO6/c1-15-24(17-5-3-2-4-6-17)33-25(31)27(15)14-18-13-19(26)8-10-21(18)32-22-11-16(12-23(29)30)7-9-20(22)28/h2-11,13,15,24,28H,12,14H2,1H3,(H,29,30)/t15-,24-/m1/s1. The second kappa shape index (κ2) is 9.54. The molecule has 2 atom stereocenters. The van der Waals surface area contributed by atoms with E-state index in [1.54, 1.807) is 17.0 Å². The molecule has 1 fully saturated rings. The van der Waals surface area contributed by atoms with Gasteiger partial charge in [0.15, 0.2) is 11.5 Å². The lowest BCUT2D eigenvalue weighted by Crippen LogP contribution is -2.31. The van der Waals surface area contributed by atoms with Crippen LogP contribution in [-0.4, -0.2) is 33.2 Å². The van der Waals surface area contributed by atoms with Crippen LogP contribution in [-0.2, 0) is 22.5 Å². The van der Waals surface area contributed by atoms with E-state index in [0.717, 1.165) is 10.0 Å². The van der Waals surface area contributed by atoms with Crippen molar-refractivity contribution in [2.45, 2.75) is 32.0 Å². The first-order valence-electron chi connectivity index (χ1n) is 10.3. The van der Waals surface area contributed by atoms with Crippen molar-refractivity contribution in [2.75, 3.05) is 0 Å². The molecule has 8 heteroatoms. The zero-order valence-electron chi connectivity index (χ0n) is 17.8. The van der Waals surface area contributed by atoms with E-state index in [9.17, 15) is 14.7 Å². The third-order valence-corrected chi connectivity index (χ3v) is 5.98. The number of nitrogens with zero attached hydrogens (tertiary/aromatic N) is 1. The molecule has 0 aromatic heterocycles. The summed E-state index contributed by atoms with van der Waals surface area (Å²) >= 11 is 3.46. The average Bonchev–Trinajstić information content (AvgIpc) is 3.06. The number of carboxylic acid groups (broad SMARTS) is 1. The Bertz CT molecular complexity index is 1180. The molecule has 1 saturated heterocycles. The number of halogens is 1. The highest BCUT2D eigenvalue weighted by atomic mass is 79.9. The Labute approximate surface area is 199 Å². The van der Waals surface area contributed by atoms with E-state index in [2.05, 4.69) is 15.9 Å². The Morgan fingerprint density at radius 1 is 1.09 bits per heavy atom. The summed E-state index contributed by atoms with van der Waals surface area (Å²) in [7, 11) is 0. The maximum atomic E-state index is 12.7. The first-order valence-corrected chi connectivity index (χ1v) is 11.1. The molecule has 0 saturated carbocycles. The van der Waals surface area contributed by atoms with Crippen molar-refractivity contribution in [1.29, 1.82) is 0 Å². The summed E-state index contributed by atoms with van der Waals surface area (Å²) in [6.45, 7) is 2.16. The van der Waals surface area contributed by atoms with Crippen LogP contribution in [0.1, 0.15) is 29.7 Å². The molecule has 3 aromatic carbocycles. The molecule has 33 heavy (non-hydrogen) atoms. The molecule has 0 unspecified atom stereocenters. The number of phenolic OH excluding ortho intramolecular Hbond substituents is 1. The van der Waals surface area contributed by atoms with Crippen LogP contribution < -0.4 is 4.74 Å². The molecule has 0 radical (unpaired) electrons. The molecular weight excluding hydrogens is 490 g/mol. The lowest BCUT2D eigenvalue weighted by Gasteiger charge is -2.22. The summed E-state index contributed by atoms with van der Waals surface area (Å²) in [4.78, 5) is 25.4. The van der Waals surface area contributed by atoms with E-state index in [-0.39, 0.29) is 36.6 Å². The number of phenols is 1. The molecule has 170 valence electrons. The van der Waals surface area contributed by atoms with Gasteiger partial charge < -0.3 is 19.7 Å². The van der Waals surface area contributed by atoms with Gasteiger partial charge in [0.1, 0.15) is 11.9 Å². The Kier molecular flexibility index (Phi) is 6.55. The zero-order chi connectivity index (χ0) is 23.5. The summed E-state index contributed by atoms with van der Waals surface area (Å²) < 4.78 is 12.4. The van der Waals surface area contributed by atoms with Gasteiger partial charge in [-0.05, 0) is 48.4 Å². The highest BCUT2D eigenvalue weighted by Crippen LogP contribution is 2.38. The number of aliphatic carboxylic acids is 1. The third-order valence-electron chi connectivity index (χ3n) is 5.48. The SMILES string of the molecule is C[C@@H]1[C@H](c2ccccc2)OC(=O)N1Cc1cc(Br)ccc1Oc1cc(CC(=O)O)ccc1O. The second-order valence-electron chi connectivity index (χ2n) is 7.81. The van der Waals surface area contributed by atoms with E-state index >= 15 is 0 Å². The maximum Gasteiger partial charge on any atom is 0.411 e. The van der Waals surface area contributed by atoms with Crippen molar-refractivity contribution in [3.63, 3.8) is 0 Å². The fraction of sp³-hybridized carbons (Fsp3) is 0.200. The van der Waals surface area contributed by atoms with Gasteiger partial charge in [-0.1, -0.05) is 52.3 Å². The predicted octanol–water partition coefficient (Wildman–Crippen LogP) is 5.66. The van der Waals surface area contributed by atoms with Gasteiger partial charge in [-0.15, -0.1) is 0 Å². The fourth-order valence-corrected chi connectivity index (χ4v) is 4.21. The first-order chi connectivity index (χ1) is 15.8. The smallest absolute Gasteiger partial charge is 0.411 e. The van der Waals surface area contributed by atoms with Crippen molar-refractivity contribution >= 4 is 28.0 Å². The van der Waals surface area contributed by atoms with Gasteiger partial charge >= 0.3 is 12.1 Å². The Morgan fingerprint density at radius 3 is 2.58 bits per heavy atom. The summed E-state index contributed by atoms with van der Waals surface area (Å²) in [6, 6.07) is 19.1. The van der Waals surface area contributed by atoms with Crippen molar-refractivity contribution in [3.05, 3.63) is 87.9 Å². The summed E-state index contributed by atoms with van der Waals surface area (Å²) in [5.74, 6) is -0.526. The lowest BCUT2D eigenvalue weighted by atomic mass is 10.0. The summed E-state index contributed by atoms with van der Waals surface area (Å²) in [5, 5.41) is 19.3. The average molecular weight is 512 g/mol. The molecule has 1 amide bonds. The van der Waals surface area contributed by atoms with Gasteiger partial charge in [0.2, 0.25) is 0 Å². The topological polar surface area (TPSA) is 96.3 Å². The van der Waals surface area contributed by atoms with Crippen molar-refractivity contribution in [3.8, 4) is 17.2 Å². The van der Waals surface area contributed by atoms with E-state index in [0.29, 0.717) is 16.9 Å². The normalized spacial score (nSPS) is 17.6. The number of benzene rings is 3. The number of hydrogen-bond donors (Lipinski definition) is 2. The van der Waals surface area contributed by atoms with Gasteiger partial charge in [-0.25, -0.2) is 4.79 Å². The monoisotopic (exact) mass is 511 g/mol. The molecule has 0 aliphatic carbocycles. The lowest BCUT2D eigenvalue weighted by molar-refractivity contribution is -0.136. The Balaban J connectivity index is 1.59. The van der Waals surface area contributed by atoms with Crippen LogP contribution in [0.25, 0.3) is 0 Å². The quantitative estimate of drug-likeness (QED) is 0.425. The third kappa shape index (κ3) is 5.12. The van der Waals surface area contributed by atoms with E-state index in [1.807, 2.05) is 43.3 Å². The highest BCUT2D eigenvalue weighted by Gasteiger charge is 2.39. The van der Waals surface area contributed by atoms with Crippen LogP contribution in [0.5, 0.6) is 17.2 Å². The largest absolute Gasteiger partial charge is 0.504 e. The number of carbonyl (C=O) groups is 2. The van der Waals surface area contributed by atoms with Crippen molar-refractivity contribution in [1.82, 2.24) is 4.90 Å². The number of carboxylic acids is 1. The number of hydrogen-bond acceptors (Lipinski definition) is 5. The predicted molar refractivity (Wildman–Crippen MR) is 124 cm³/mol. The van der Waals surface area contributed by atoms with Crippen LogP contribution >= 0.6 is 15.9 Å². The van der Waals surface area contributed by atoms with Gasteiger partial charge in [-0.3, -0.25) is 9.69 Å². The second-order valence-corrected chi connectivity index (χ2v) is 8.73. The van der Waals surface area contributed by atoms with Gasteiger partial charge in [0.05, 0.1) is 19.0 Å². The van der Waals surface area contributed by atoms with Gasteiger partial charge in [0, 0.05) is 10.0 Å². The number of amides is 1. The van der Waals surface area contributed by atoms with E-state index in [1.165, 1.54) is 18.2 Å². The fourth-order valence-electron chi connectivity index (χ4n) is 3.80. The minimum Gasteiger partial charge on any atom is -0.504 e. The van der Waals surface area contributed by atoms with E-state index < -0.39 is 12.1 Å². The van der Waals surface area contributed by atoms with Crippen LogP contribution in [0, 0.1) is 0 Å². The maximum absolute atomic E-state index is 12.7. The summed E-state index contributed by atoms with van der Waals surface area (Å²) in [6.07, 6.45) is -0.998. The molecule has 1 aliphatic rings. The van der Waals surface area contributed by atoms with Crippen molar-refractivity contribution < 1.29 is 29.3 Å². The number of aromatic hydroxyl groups is 1. The molecule has 1 heterocycles. The van der Waals surface area contributed by atoms with Crippen LogP contribution in [0.3, 0.4) is 0 Å². The molecular formula is C25H22BrNO6. The van der Waals surface area contributed by atoms with E-state index in [4.69, 9.17) is 14.6 Å². The van der Waals surface area contributed by atoms with Crippen LogP contribution in [0.2, 0.25) is 0 Å². The first kappa shape index (κ1) is 22.7. The van der Waals surface area contributed by atoms with Crippen LogP contribution in [0.15, 0.2) is 71.2 Å².